The van der Waals surface area contributed by atoms with Gasteiger partial charge in [-0.05, 0) is 31.4 Å². The van der Waals surface area contributed by atoms with Crippen LogP contribution in [0.4, 0.5) is 0 Å². The van der Waals surface area contributed by atoms with E-state index >= 15 is 0 Å². The van der Waals surface area contributed by atoms with Crippen LogP contribution in [0, 0.1) is 6.92 Å². The van der Waals surface area contributed by atoms with E-state index in [0.29, 0.717) is 13.0 Å². The van der Waals surface area contributed by atoms with Crippen LogP contribution in [0.5, 0.6) is 0 Å². The summed E-state index contributed by atoms with van der Waals surface area (Å²) in [5, 5.41) is 1.07. The van der Waals surface area contributed by atoms with Gasteiger partial charge in [0.1, 0.15) is 10.7 Å². The van der Waals surface area contributed by atoms with Crippen molar-refractivity contribution in [2.45, 2.75) is 32.7 Å². The Hall–Kier alpha value is -2.27. The predicted molar refractivity (Wildman–Crippen MR) is 96.9 cm³/mol. The van der Waals surface area contributed by atoms with Crippen LogP contribution in [-0.2, 0) is 11.3 Å². The summed E-state index contributed by atoms with van der Waals surface area (Å²) >= 11 is 1.69. The fourth-order valence-corrected chi connectivity index (χ4v) is 4.28. The summed E-state index contributed by atoms with van der Waals surface area (Å²) in [6, 6.07) is 12.5. The van der Waals surface area contributed by atoms with Gasteiger partial charge in [-0.2, -0.15) is 0 Å². The highest BCUT2D eigenvalue weighted by atomic mass is 32.1. The van der Waals surface area contributed by atoms with Gasteiger partial charge in [-0.3, -0.25) is 4.79 Å². The average molecular weight is 337 g/mol. The largest absolute Gasteiger partial charge is 0.337 e. The Morgan fingerprint density at radius 2 is 2.00 bits per heavy atom. The zero-order valence-corrected chi connectivity index (χ0v) is 14.5. The summed E-state index contributed by atoms with van der Waals surface area (Å²) in [4.78, 5) is 25.5. The highest BCUT2D eigenvalue weighted by Crippen LogP contribution is 2.34. The quantitative estimate of drug-likeness (QED) is 0.720. The molecular formula is C19H19N3OS. The minimum Gasteiger partial charge on any atom is -0.337 e. The zero-order chi connectivity index (χ0) is 16.5. The van der Waals surface area contributed by atoms with Crippen LogP contribution in [0.25, 0.3) is 20.7 Å². The van der Waals surface area contributed by atoms with Gasteiger partial charge in [-0.15, -0.1) is 11.3 Å². The lowest BCUT2D eigenvalue weighted by molar-refractivity contribution is -0.133. The monoisotopic (exact) mass is 337 g/mol. The van der Waals surface area contributed by atoms with Gasteiger partial charge in [0.25, 0.3) is 0 Å². The number of hydrogen-bond donors (Lipinski definition) is 0. The van der Waals surface area contributed by atoms with E-state index in [1.54, 1.807) is 11.3 Å². The number of benzene rings is 1. The van der Waals surface area contributed by atoms with Crippen LogP contribution >= 0.6 is 11.3 Å². The van der Waals surface area contributed by atoms with Crippen molar-refractivity contribution in [1.29, 1.82) is 0 Å². The molecule has 0 radical (unpaired) electrons. The normalized spacial score (nSPS) is 15.2. The predicted octanol–water partition coefficient (Wildman–Crippen LogP) is 4.18. The molecule has 0 aliphatic carbocycles. The van der Waals surface area contributed by atoms with E-state index in [0.717, 1.165) is 41.1 Å². The molecule has 1 aliphatic rings. The van der Waals surface area contributed by atoms with E-state index in [2.05, 4.69) is 28.2 Å². The summed E-state index contributed by atoms with van der Waals surface area (Å²) < 4.78 is 0. The number of aromatic nitrogens is 2. The molecule has 5 heteroatoms. The Morgan fingerprint density at radius 1 is 1.17 bits per heavy atom. The molecule has 0 N–H and O–H groups in total. The number of amides is 1. The van der Waals surface area contributed by atoms with Crippen LogP contribution in [-0.4, -0.2) is 27.3 Å². The van der Waals surface area contributed by atoms with E-state index < -0.39 is 0 Å². The first-order valence-electron chi connectivity index (χ1n) is 8.31. The molecule has 4 rings (SSSR count). The summed E-state index contributed by atoms with van der Waals surface area (Å²) in [6.45, 7) is 3.34. The van der Waals surface area contributed by atoms with Crippen LogP contribution in [0.1, 0.15) is 30.8 Å². The van der Waals surface area contributed by atoms with Gasteiger partial charge in [-0.25, -0.2) is 9.97 Å². The standard InChI is InChI=1S/C19H19N3OS/c1-13-20-16(12-22-10-6-5-9-18(22)23)15-11-17(24-19(15)21-13)14-7-3-2-4-8-14/h2-4,7-8,11H,5-6,9-10,12H2,1H3. The van der Waals surface area contributed by atoms with Crippen molar-refractivity contribution >= 4 is 27.5 Å². The number of carbonyl (C=O) groups is 1. The third-order valence-electron chi connectivity index (χ3n) is 4.40. The molecule has 0 bridgehead atoms. The molecule has 0 spiro atoms. The first kappa shape index (κ1) is 15.3. The number of piperidine rings is 1. The Labute approximate surface area is 145 Å². The molecular weight excluding hydrogens is 318 g/mol. The molecule has 0 atom stereocenters. The van der Waals surface area contributed by atoms with Crippen molar-refractivity contribution in [2.24, 2.45) is 0 Å². The Bertz CT molecular complexity index is 888. The first-order chi connectivity index (χ1) is 11.7. The molecule has 3 aromatic rings. The van der Waals surface area contributed by atoms with Crippen molar-refractivity contribution in [3.8, 4) is 10.4 Å². The number of likely N-dealkylation sites (tertiary alicyclic amines) is 1. The van der Waals surface area contributed by atoms with Crippen LogP contribution in [0.3, 0.4) is 0 Å². The summed E-state index contributed by atoms with van der Waals surface area (Å²) in [7, 11) is 0. The molecule has 0 unspecified atom stereocenters. The van der Waals surface area contributed by atoms with Gasteiger partial charge in [-0.1, -0.05) is 30.3 Å². The summed E-state index contributed by atoms with van der Waals surface area (Å²) in [5.41, 5.74) is 2.16. The maximum atomic E-state index is 12.1. The number of rotatable bonds is 3. The van der Waals surface area contributed by atoms with Gasteiger partial charge < -0.3 is 4.90 Å². The molecule has 1 amide bonds. The highest BCUT2D eigenvalue weighted by Gasteiger charge is 2.20. The van der Waals surface area contributed by atoms with E-state index in [1.165, 1.54) is 10.4 Å². The highest BCUT2D eigenvalue weighted by molar-refractivity contribution is 7.21. The van der Waals surface area contributed by atoms with Crippen molar-refractivity contribution < 1.29 is 4.79 Å². The second-order valence-electron chi connectivity index (χ2n) is 6.19. The molecule has 1 saturated heterocycles. The minimum absolute atomic E-state index is 0.240. The summed E-state index contributed by atoms with van der Waals surface area (Å²) in [6.07, 6.45) is 2.74. The molecule has 0 saturated carbocycles. The topological polar surface area (TPSA) is 46.1 Å². The zero-order valence-electron chi connectivity index (χ0n) is 13.7. The number of hydrogen-bond acceptors (Lipinski definition) is 4. The van der Waals surface area contributed by atoms with Crippen LogP contribution in [0.2, 0.25) is 0 Å². The maximum Gasteiger partial charge on any atom is 0.222 e. The minimum atomic E-state index is 0.240. The smallest absolute Gasteiger partial charge is 0.222 e. The first-order valence-corrected chi connectivity index (χ1v) is 9.12. The maximum absolute atomic E-state index is 12.1. The molecule has 122 valence electrons. The van der Waals surface area contributed by atoms with E-state index in [1.807, 2.05) is 30.0 Å². The lowest BCUT2D eigenvalue weighted by Crippen LogP contribution is -2.35. The SMILES string of the molecule is Cc1nc(CN2CCCCC2=O)c2cc(-c3ccccc3)sc2n1. The van der Waals surface area contributed by atoms with Crippen molar-refractivity contribution in [3.05, 3.63) is 47.9 Å². The Kier molecular flexibility index (Phi) is 4.02. The number of fused-ring (bicyclic) bond motifs is 1. The molecule has 2 aromatic heterocycles. The molecule has 4 nitrogen and oxygen atoms in total. The molecule has 3 heterocycles. The Balaban J connectivity index is 1.74. The van der Waals surface area contributed by atoms with E-state index in [-0.39, 0.29) is 5.91 Å². The van der Waals surface area contributed by atoms with Crippen LogP contribution in [0.15, 0.2) is 36.4 Å². The van der Waals surface area contributed by atoms with Crippen molar-refractivity contribution in [2.75, 3.05) is 6.54 Å². The fraction of sp³-hybridized carbons (Fsp3) is 0.316. The van der Waals surface area contributed by atoms with Crippen molar-refractivity contribution in [3.63, 3.8) is 0 Å². The number of thiophene rings is 1. The molecule has 1 aliphatic heterocycles. The van der Waals surface area contributed by atoms with Crippen molar-refractivity contribution in [1.82, 2.24) is 14.9 Å². The lowest BCUT2D eigenvalue weighted by atomic mass is 10.1. The third kappa shape index (κ3) is 2.91. The van der Waals surface area contributed by atoms with Gasteiger partial charge in [0, 0.05) is 23.2 Å². The van der Waals surface area contributed by atoms with Gasteiger partial charge in [0.15, 0.2) is 0 Å². The fourth-order valence-electron chi connectivity index (χ4n) is 3.17. The van der Waals surface area contributed by atoms with Gasteiger partial charge >= 0.3 is 0 Å². The molecule has 1 aromatic carbocycles. The second kappa shape index (κ2) is 6.32. The molecule has 24 heavy (non-hydrogen) atoms. The van der Waals surface area contributed by atoms with E-state index in [9.17, 15) is 4.79 Å². The van der Waals surface area contributed by atoms with E-state index in [4.69, 9.17) is 0 Å². The van der Waals surface area contributed by atoms with Gasteiger partial charge in [0.2, 0.25) is 5.91 Å². The second-order valence-corrected chi connectivity index (χ2v) is 7.22. The number of carbonyl (C=O) groups excluding carboxylic acids is 1. The van der Waals surface area contributed by atoms with Gasteiger partial charge in [0.05, 0.1) is 12.2 Å². The molecule has 1 fully saturated rings. The van der Waals surface area contributed by atoms with Crippen LogP contribution < -0.4 is 0 Å². The Morgan fingerprint density at radius 3 is 2.79 bits per heavy atom. The third-order valence-corrected chi connectivity index (χ3v) is 5.48. The lowest BCUT2D eigenvalue weighted by Gasteiger charge is -2.26. The average Bonchev–Trinajstić information content (AvgIpc) is 3.02. The number of aryl methyl sites for hydroxylation is 1. The number of nitrogens with zero attached hydrogens (tertiary/aromatic N) is 3. The summed E-state index contributed by atoms with van der Waals surface area (Å²) in [5.74, 6) is 1.01.